The van der Waals surface area contributed by atoms with E-state index >= 15 is 0 Å². The molecule has 2 N–H and O–H groups in total. The quantitative estimate of drug-likeness (QED) is 0.916. The summed E-state index contributed by atoms with van der Waals surface area (Å²) in [6, 6.07) is 9.47. The van der Waals surface area contributed by atoms with E-state index in [-0.39, 0.29) is 6.04 Å². The third-order valence-corrected chi connectivity index (χ3v) is 3.55. The van der Waals surface area contributed by atoms with Crippen molar-refractivity contribution >= 4 is 11.6 Å². The molecule has 3 nitrogen and oxygen atoms in total. The van der Waals surface area contributed by atoms with Crippen LogP contribution in [0.2, 0.25) is 5.02 Å². The van der Waals surface area contributed by atoms with Gasteiger partial charge >= 0.3 is 0 Å². The van der Waals surface area contributed by atoms with Gasteiger partial charge in [0.15, 0.2) is 0 Å². The Morgan fingerprint density at radius 1 is 1.30 bits per heavy atom. The zero-order chi connectivity index (χ0) is 14.5. The van der Waals surface area contributed by atoms with Crippen molar-refractivity contribution in [3.05, 3.63) is 58.4 Å². The lowest BCUT2D eigenvalue weighted by Gasteiger charge is -2.15. The van der Waals surface area contributed by atoms with Gasteiger partial charge in [-0.15, -0.1) is 0 Å². The maximum Gasteiger partial charge on any atom is 0.125 e. The molecule has 0 saturated carbocycles. The number of aryl methyl sites for hydroxylation is 1. The fraction of sp³-hybridized carbons (Fsp3) is 0.312. The molecule has 0 amide bonds. The van der Waals surface area contributed by atoms with E-state index in [0.29, 0.717) is 11.4 Å². The van der Waals surface area contributed by atoms with Crippen LogP contribution < -0.4 is 10.5 Å². The summed E-state index contributed by atoms with van der Waals surface area (Å²) in [4.78, 5) is 4.44. The van der Waals surface area contributed by atoms with Crippen molar-refractivity contribution in [2.24, 2.45) is 5.73 Å². The fourth-order valence-corrected chi connectivity index (χ4v) is 2.27. The molecule has 1 unspecified atom stereocenters. The molecule has 0 aliphatic rings. The van der Waals surface area contributed by atoms with Crippen LogP contribution in [0.15, 0.2) is 36.5 Å². The number of nitrogens with two attached hydrogens (primary N) is 1. The van der Waals surface area contributed by atoms with E-state index < -0.39 is 0 Å². The minimum atomic E-state index is -0.165. The minimum Gasteiger partial charge on any atom is -0.496 e. The van der Waals surface area contributed by atoms with Gasteiger partial charge in [0.05, 0.1) is 7.11 Å². The molecular weight excluding hydrogens is 272 g/mol. The third-order valence-electron chi connectivity index (χ3n) is 3.32. The Labute approximate surface area is 124 Å². The van der Waals surface area contributed by atoms with E-state index in [4.69, 9.17) is 22.1 Å². The van der Waals surface area contributed by atoms with Gasteiger partial charge in [-0.25, -0.2) is 0 Å². The zero-order valence-corrected chi connectivity index (χ0v) is 12.5. The summed E-state index contributed by atoms with van der Waals surface area (Å²) in [6.07, 6.45) is 3.56. The predicted octanol–water partition coefficient (Wildman–Crippen LogP) is 3.55. The van der Waals surface area contributed by atoms with Gasteiger partial charge in [-0.2, -0.15) is 0 Å². The molecule has 1 aromatic carbocycles. The summed E-state index contributed by atoms with van der Waals surface area (Å²) >= 11 is 5.96. The molecule has 0 spiro atoms. The summed E-state index contributed by atoms with van der Waals surface area (Å²) in [5.74, 6) is 0.718. The molecule has 1 heterocycles. The first-order valence-electron chi connectivity index (χ1n) is 6.67. The van der Waals surface area contributed by atoms with Crippen LogP contribution in [-0.4, -0.2) is 12.1 Å². The second-order valence-electron chi connectivity index (χ2n) is 4.71. The van der Waals surface area contributed by atoms with Gasteiger partial charge in [0.25, 0.3) is 0 Å². The number of hydrogen-bond acceptors (Lipinski definition) is 3. The molecule has 0 saturated heterocycles. The van der Waals surface area contributed by atoms with Crippen molar-refractivity contribution in [1.29, 1.82) is 0 Å². The van der Waals surface area contributed by atoms with Crippen molar-refractivity contribution in [2.75, 3.05) is 7.11 Å². The zero-order valence-electron chi connectivity index (χ0n) is 11.8. The molecule has 106 valence electrons. The summed E-state index contributed by atoms with van der Waals surface area (Å²) in [6.45, 7) is 2.11. The Balaban J connectivity index is 2.16. The third kappa shape index (κ3) is 3.50. The number of halogens is 1. The smallest absolute Gasteiger partial charge is 0.125 e. The summed E-state index contributed by atoms with van der Waals surface area (Å²) < 4.78 is 5.34. The molecule has 1 aromatic heterocycles. The highest BCUT2D eigenvalue weighted by Crippen LogP contribution is 2.28. The Kier molecular flexibility index (Phi) is 4.99. The van der Waals surface area contributed by atoms with Crippen molar-refractivity contribution < 1.29 is 4.74 Å². The molecule has 0 bridgehead atoms. The first-order valence-corrected chi connectivity index (χ1v) is 7.04. The number of hydrogen-bond donors (Lipinski definition) is 1. The molecule has 0 aliphatic carbocycles. The first kappa shape index (κ1) is 14.8. The molecule has 2 aromatic rings. The maximum absolute atomic E-state index is 6.26. The Morgan fingerprint density at radius 2 is 2.10 bits per heavy atom. The van der Waals surface area contributed by atoms with Crippen LogP contribution in [0.4, 0.5) is 0 Å². The maximum atomic E-state index is 6.26. The lowest BCUT2D eigenvalue weighted by atomic mass is 10.0. The monoisotopic (exact) mass is 290 g/mol. The van der Waals surface area contributed by atoms with E-state index in [1.165, 1.54) is 5.56 Å². The highest BCUT2D eigenvalue weighted by Gasteiger charge is 2.13. The standard InChI is InChI=1S/C16H19ClN2O/c1-3-11-4-6-13(19-10-11)9-15(18)14-7-5-12(17)8-16(14)20-2/h4-8,10,15H,3,9,18H2,1-2H3. The molecule has 4 heteroatoms. The van der Waals surface area contributed by atoms with Gasteiger partial charge < -0.3 is 10.5 Å². The van der Waals surface area contributed by atoms with Gasteiger partial charge in [0.1, 0.15) is 5.75 Å². The highest BCUT2D eigenvalue weighted by molar-refractivity contribution is 6.30. The topological polar surface area (TPSA) is 48.1 Å². The van der Waals surface area contributed by atoms with Crippen molar-refractivity contribution in [1.82, 2.24) is 4.98 Å². The van der Waals surface area contributed by atoms with Gasteiger partial charge in [-0.1, -0.05) is 30.7 Å². The summed E-state index contributed by atoms with van der Waals surface area (Å²) in [5, 5.41) is 0.642. The van der Waals surface area contributed by atoms with Crippen molar-refractivity contribution in [2.45, 2.75) is 25.8 Å². The second kappa shape index (κ2) is 6.73. The normalized spacial score (nSPS) is 12.2. The van der Waals surface area contributed by atoms with Crippen molar-refractivity contribution in [3.63, 3.8) is 0 Å². The van der Waals surface area contributed by atoms with Crippen LogP contribution in [0.3, 0.4) is 0 Å². The van der Waals surface area contributed by atoms with Crippen molar-refractivity contribution in [3.8, 4) is 5.75 Å². The Bertz CT molecular complexity index is 569. The molecule has 0 radical (unpaired) electrons. The SMILES string of the molecule is CCc1ccc(CC(N)c2ccc(Cl)cc2OC)nc1. The van der Waals surface area contributed by atoms with E-state index in [2.05, 4.69) is 18.0 Å². The van der Waals surface area contributed by atoms with Crippen LogP contribution in [0.1, 0.15) is 29.8 Å². The average Bonchev–Trinajstić information content (AvgIpc) is 2.47. The Hall–Kier alpha value is -1.58. The molecule has 2 rings (SSSR count). The minimum absolute atomic E-state index is 0.165. The number of aromatic nitrogens is 1. The van der Waals surface area contributed by atoms with Gasteiger partial charge in [-0.05, 0) is 30.2 Å². The van der Waals surface area contributed by atoms with Crippen LogP contribution >= 0.6 is 11.6 Å². The molecule has 0 aliphatic heterocycles. The van der Waals surface area contributed by atoms with Gasteiger partial charge in [0.2, 0.25) is 0 Å². The van der Waals surface area contributed by atoms with Gasteiger partial charge in [0, 0.05) is 34.9 Å². The lowest BCUT2D eigenvalue weighted by molar-refractivity contribution is 0.405. The van der Waals surface area contributed by atoms with Crippen LogP contribution in [0, 0.1) is 0 Å². The number of pyridine rings is 1. The summed E-state index contributed by atoms with van der Waals surface area (Å²) in [7, 11) is 1.62. The van der Waals surface area contributed by atoms with E-state index in [1.807, 2.05) is 24.4 Å². The average molecular weight is 291 g/mol. The second-order valence-corrected chi connectivity index (χ2v) is 5.14. The van der Waals surface area contributed by atoms with E-state index in [1.54, 1.807) is 13.2 Å². The van der Waals surface area contributed by atoms with Crippen LogP contribution in [-0.2, 0) is 12.8 Å². The predicted molar refractivity (Wildman–Crippen MR) is 82.3 cm³/mol. The lowest BCUT2D eigenvalue weighted by Crippen LogP contribution is -2.15. The number of rotatable bonds is 5. The fourth-order valence-electron chi connectivity index (χ4n) is 2.11. The van der Waals surface area contributed by atoms with E-state index in [9.17, 15) is 0 Å². The van der Waals surface area contributed by atoms with Crippen LogP contribution in [0.25, 0.3) is 0 Å². The molecule has 20 heavy (non-hydrogen) atoms. The van der Waals surface area contributed by atoms with Gasteiger partial charge in [-0.3, -0.25) is 4.98 Å². The van der Waals surface area contributed by atoms with Crippen LogP contribution in [0.5, 0.6) is 5.75 Å². The number of ether oxygens (including phenoxy) is 1. The largest absolute Gasteiger partial charge is 0.496 e. The number of methoxy groups -OCH3 is 1. The number of benzene rings is 1. The first-order chi connectivity index (χ1) is 9.63. The highest BCUT2D eigenvalue weighted by atomic mass is 35.5. The van der Waals surface area contributed by atoms with E-state index in [0.717, 1.165) is 23.4 Å². The summed E-state index contributed by atoms with van der Waals surface area (Å²) in [5.41, 5.74) is 9.41. The number of nitrogens with zero attached hydrogens (tertiary/aromatic N) is 1. The molecule has 0 fully saturated rings. The molecule has 1 atom stereocenters. The molecular formula is C16H19ClN2O. The Morgan fingerprint density at radius 3 is 2.70 bits per heavy atom.